The molecule has 9 heteroatoms. The summed E-state index contributed by atoms with van der Waals surface area (Å²) in [6, 6.07) is 10.1. The highest BCUT2D eigenvalue weighted by Crippen LogP contribution is 2.23. The lowest BCUT2D eigenvalue weighted by Gasteiger charge is -2.19. The molecule has 0 aliphatic carbocycles. The molecule has 0 spiro atoms. The van der Waals surface area contributed by atoms with Gasteiger partial charge in [0.15, 0.2) is 0 Å². The van der Waals surface area contributed by atoms with Gasteiger partial charge in [-0.25, -0.2) is 13.1 Å². The molecule has 2 aromatic carbocycles. The summed E-state index contributed by atoms with van der Waals surface area (Å²) in [5.74, 6) is -0.593. The molecule has 30 heavy (non-hydrogen) atoms. The van der Waals surface area contributed by atoms with Gasteiger partial charge in [-0.2, -0.15) is 0 Å². The Hall–Kier alpha value is -2.42. The fourth-order valence-electron chi connectivity index (χ4n) is 2.81. The van der Waals surface area contributed by atoms with Crippen LogP contribution in [0.1, 0.15) is 48.4 Å². The van der Waals surface area contributed by atoms with Gasteiger partial charge in [-0.3, -0.25) is 9.59 Å². The Morgan fingerprint density at radius 1 is 1.03 bits per heavy atom. The topological polar surface area (TPSA) is 95.6 Å². The molecule has 2 amide bonds. The molecular weight excluding hydrogens is 426 g/mol. The van der Waals surface area contributed by atoms with Gasteiger partial charge in [0.05, 0.1) is 15.5 Å². The van der Waals surface area contributed by atoms with E-state index in [1.807, 2.05) is 13.8 Å². The molecule has 0 fully saturated rings. The number of carbonyl (C=O) groups is 2. The van der Waals surface area contributed by atoms with E-state index in [9.17, 15) is 18.0 Å². The normalized spacial score (nSPS) is 11.4. The van der Waals surface area contributed by atoms with Gasteiger partial charge in [0, 0.05) is 30.4 Å². The Morgan fingerprint density at radius 3 is 2.13 bits per heavy atom. The zero-order chi connectivity index (χ0) is 22.5. The van der Waals surface area contributed by atoms with Crippen LogP contribution in [-0.4, -0.2) is 44.3 Å². The first-order chi connectivity index (χ1) is 14.1. The Labute approximate surface area is 182 Å². The Bertz CT molecular complexity index is 1020. The smallest absolute Gasteiger partial charge is 0.255 e. The number of benzene rings is 2. The zero-order valence-corrected chi connectivity index (χ0v) is 19.0. The lowest BCUT2D eigenvalue weighted by Crippen LogP contribution is -2.30. The highest BCUT2D eigenvalue weighted by molar-refractivity contribution is 7.89. The highest BCUT2D eigenvalue weighted by Gasteiger charge is 2.18. The van der Waals surface area contributed by atoms with E-state index in [1.165, 1.54) is 30.3 Å². The van der Waals surface area contributed by atoms with Crippen LogP contribution in [0.4, 0.5) is 5.69 Å². The van der Waals surface area contributed by atoms with Crippen molar-refractivity contribution in [3.63, 3.8) is 0 Å². The minimum absolute atomic E-state index is 0.0788. The highest BCUT2D eigenvalue weighted by atomic mass is 35.5. The maximum Gasteiger partial charge on any atom is 0.255 e. The number of rotatable bonds is 8. The molecule has 0 atom stereocenters. The Balaban J connectivity index is 2.15. The standard InChI is InChI=1S/C21H26ClN3O4S/c1-5-25(6-2)21(27)18-12-9-16(13-19(18)22)23-20(26)15-7-10-17(11-8-15)30(28,29)24-14(3)4/h7-14,24H,5-6H2,1-4H3,(H,23,26). The van der Waals surface area contributed by atoms with Crippen molar-refractivity contribution >= 4 is 39.1 Å². The second-order valence-electron chi connectivity index (χ2n) is 6.93. The van der Waals surface area contributed by atoms with Gasteiger partial charge < -0.3 is 10.2 Å². The van der Waals surface area contributed by atoms with Crippen LogP contribution in [0.25, 0.3) is 0 Å². The number of amides is 2. The van der Waals surface area contributed by atoms with Crippen LogP contribution in [0.3, 0.4) is 0 Å². The number of hydrogen-bond donors (Lipinski definition) is 2. The average Bonchev–Trinajstić information content (AvgIpc) is 2.68. The van der Waals surface area contributed by atoms with E-state index >= 15 is 0 Å². The lowest BCUT2D eigenvalue weighted by atomic mass is 10.1. The third kappa shape index (κ3) is 5.81. The van der Waals surface area contributed by atoms with Crippen LogP contribution in [0.2, 0.25) is 5.02 Å². The van der Waals surface area contributed by atoms with Crippen LogP contribution in [0.15, 0.2) is 47.4 Å². The molecule has 162 valence electrons. The van der Waals surface area contributed by atoms with Gasteiger partial charge in [0.1, 0.15) is 0 Å². The molecule has 0 aromatic heterocycles. The third-order valence-electron chi connectivity index (χ3n) is 4.33. The van der Waals surface area contributed by atoms with Gasteiger partial charge in [0.2, 0.25) is 10.0 Å². The molecule has 2 rings (SSSR count). The lowest BCUT2D eigenvalue weighted by molar-refractivity contribution is 0.0773. The fraction of sp³-hybridized carbons (Fsp3) is 0.333. The van der Waals surface area contributed by atoms with Gasteiger partial charge in [-0.1, -0.05) is 11.6 Å². The van der Waals surface area contributed by atoms with Crippen molar-refractivity contribution in [2.75, 3.05) is 18.4 Å². The molecule has 7 nitrogen and oxygen atoms in total. The van der Waals surface area contributed by atoms with E-state index in [4.69, 9.17) is 11.6 Å². The minimum atomic E-state index is -3.63. The Morgan fingerprint density at radius 2 is 1.63 bits per heavy atom. The number of nitrogens with one attached hydrogen (secondary N) is 2. The molecule has 0 radical (unpaired) electrons. The van der Waals surface area contributed by atoms with Crippen LogP contribution >= 0.6 is 11.6 Å². The molecule has 0 bridgehead atoms. The largest absolute Gasteiger partial charge is 0.339 e. The zero-order valence-electron chi connectivity index (χ0n) is 17.4. The summed E-state index contributed by atoms with van der Waals surface area (Å²) in [4.78, 5) is 26.7. The molecule has 0 saturated heterocycles. The van der Waals surface area contributed by atoms with Crippen molar-refractivity contribution in [3.8, 4) is 0 Å². The van der Waals surface area contributed by atoms with Crippen molar-refractivity contribution in [1.82, 2.24) is 9.62 Å². The van der Waals surface area contributed by atoms with E-state index in [0.717, 1.165) is 0 Å². The van der Waals surface area contributed by atoms with Crippen LogP contribution in [0, 0.1) is 0 Å². The summed E-state index contributed by atoms with van der Waals surface area (Å²) in [7, 11) is -3.63. The minimum Gasteiger partial charge on any atom is -0.339 e. The predicted octanol–water partition coefficient (Wildman–Crippen LogP) is 3.76. The van der Waals surface area contributed by atoms with Gasteiger partial charge in [-0.05, 0) is 70.2 Å². The summed E-state index contributed by atoms with van der Waals surface area (Å²) >= 11 is 6.25. The number of nitrogens with zero attached hydrogens (tertiary/aromatic N) is 1. The maximum absolute atomic E-state index is 12.5. The van der Waals surface area contributed by atoms with Gasteiger partial charge in [0.25, 0.3) is 11.8 Å². The number of hydrogen-bond acceptors (Lipinski definition) is 4. The summed E-state index contributed by atoms with van der Waals surface area (Å²) in [5.41, 5.74) is 1.09. The first-order valence-electron chi connectivity index (χ1n) is 9.61. The van der Waals surface area contributed by atoms with Crippen LogP contribution in [-0.2, 0) is 10.0 Å². The quantitative estimate of drug-likeness (QED) is 0.638. The molecule has 0 unspecified atom stereocenters. The van der Waals surface area contributed by atoms with E-state index in [0.29, 0.717) is 24.3 Å². The first-order valence-corrected chi connectivity index (χ1v) is 11.5. The summed E-state index contributed by atoms with van der Waals surface area (Å²) in [5, 5.41) is 2.94. The molecular formula is C21H26ClN3O4S. The number of anilines is 1. The summed E-state index contributed by atoms with van der Waals surface area (Å²) in [6.07, 6.45) is 0. The van der Waals surface area contributed by atoms with Crippen LogP contribution < -0.4 is 10.0 Å². The number of sulfonamides is 1. The first kappa shape index (κ1) is 23.9. The average molecular weight is 452 g/mol. The molecule has 0 aliphatic rings. The van der Waals surface area contributed by atoms with Crippen molar-refractivity contribution in [2.45, 2.75) is 38.6 Å². The van der Waals surface area contributed by atoms with E-state index in [2.05, 4.69) is 10.0 Å². The van der Waals surface area contributed by atoms with E-state index in [-0.39, 0.29) is 27.4 Å². The van der Waals surface area contributed by atoms with E-state index in [1.54, 1.807) is 30.9 Å². The van der Waals surface area contributed by atoms with Gasteiger partial charge in [-0.15, -0.1) is 0 Å². The number of halogens is 1. The van der Waals surface area contributed by atoms with Gasteiger partial charge >= 0.3 is 0 Å². The summed E-state index contributed by atoms with van der Waals surface area (Å²) in [6.45, 7) is 8.38. The SMILES string of the molecule is CCN(CC)C(=O)c1ccc(NC(=O)c2ccc(S(=O)(=O)NC(C)C)cc2)cc1Cl. The fourth-order valence-corrected chi connectivity index (χ4v) is 4.33. The molecule has 2 N–H and O–H groups in total. The monoisotopic (exact) mass is 451 g/mol. The maximum atomic E-state index is 12.5. The third-order valence-corrected chi connectivity index (χ3v) is 6.31. The number of carbonyl (C=O) groups excluding carboxylic acids is 2. The van der Waals surface area contributed by atoms with E-state index < -0.39 is 15.9 Å². The van der Waals surface area contributed by atoms with Crippen molar-refractivity contribution in [3.05, 3.63) is 58.6 Å². The van der Waals surface area contributed by atoms with Crippen molar-refractivity contribution in [2.24, 2.45) is 0 Å². The van der Waals surface area contributed by atoms with Crippen LogP contribution in [0.5, 0.6) is 0 Å². The van der Waals surface area contributed by atoms with Crippen molar-refractivity contribution in [1.29, 1.82) is 0 Å². The van der Waals surface area contributed by atoms with Crippen molar-refractivity contribution < 1.29 is 18.0 Å². The second kappa shape index (κ2) is 10.1. The second-order valence-corrected chi connectivity index (χ2v) is 9.05. The molecule has 2 aromatic rings. The summed E-state index contributed by atoms with van der Waals surface area (Å²) < 4.78 is 26.8. The molecule has 0 saturated carbocycles. The molecule has 0 heterocycles. The molecule has 0 aliphatic heterocycles. The predicted molar refractivity (Wildman–Crippen MR) is 119 cm³/mol. The Kier molecular flexibility index (Phi) is 8.00.